The molecule has 36 heavy (non-hydrogen) atoms. The minimum atomic E-state index is 0.295. The van der Waals surface area contributed by atoms with Crippen LogP contribution < -0.4 is 0 Å². The van der Waals surface area contributed by atoms with Gasteiger partial charge in [0, 0.05) is 65.4 Å². The Hall–Kier alpha value is -0.240. The van der Waals surface area contributed by atoms with Gasteiger partial charge in [0.05, 0.1) is 11.2 Å². The van der Waals surface area contributed by atoms with Gasteiger partial charge in [-0.1, -0.05) is 0 Å². The van der Waals surface area contributed by atoms with E-state index in [0.29, 0.717) is 11.2 Å². The SMILES string of the molecule is CN1CCCN2CCN(CC2)CCC23OC4(CCN5CCN(CCC1)CC5)C1C5CC(C6C5C4C62)C13. The van der Waals surface area contributed by atoms with Crippen molar-refractivity contribution in [2.45, 2.75) is 43.3 Å². The average Bonchev–Trinajstić information content (AvgIpc) is 3.55. The van der Waals surface area contributed by atoms with Gasteiger partial charge in [0.25, 0.3) is 0 Å². The quantitative estimate of drug-likeness (QED) is 0.507. The minimum Gasteiger partial charge on any atom is -0.367 e. The van der Waals surface area contributed by atoms with Crippen molar-refractivity contribution in [2.75, 3.05) is 98.7 Å². The van der Waals surface area contributed by atoms with Gasteiger partial charge in [-0.3, -0.25) is 0 Å². The Morgan fingerprint density at radius 3 is 1.36 bits per heavy atom. The highest BCUT2D eigenvalue weighted by molar-refractivity contribution is 5.43. The summed E-state index contributed by atoms with van der Waals surface area (Å²) in [5, 5.41) is 0. The minimum absolute atomic E-state index is 0.295. The maximum absolute atomic E-state index is 7.60. The van der Waals surface area contributed by atoms with Gasteiger partial charge in [-0.25, -0.2) is 0 Å². The standard InChI is InChI=1S/C30H49N5O/c1-31-6-2-8-32-12-16-34(17-13-32)10-4-29-25-21-20-22-24-23(21)27(29)28(24)30(36-29,26(22)25)5-11-35-18-14-33(15-19-35)9-3-7-31/h21-28H,2-20H2,1H3. The molecule has 8 heterocycles. The van der Waals surface area contributed by atoms with Crippen LogP contribution in [0.1, 0.15) is 32.1 Å². The molecule has 10 unspecified atom stereocenters. The Morgan fingerprint density at radius 1 is 0.500 bits per heavy atom. The highest BCUT2D eigenvalue weighted by Crippen LogP contribution is 2.93. The molecule has 5 saturated carbocycles. The molecule has 8 bridgehead atoms. The van der Waals surface area contributed by atoms with Gasteiger partial charge in [-0.05, 0) is 113 Å². The number of piperazine rings is 2. The third-order valence-corrected chi connectivity index (χ3v) is 13.7. The lowest BCUT2D eigenvalue weighted by Gasteiger charge is -2.48. The molecule has 13 aliphatic rings. The smallest absolute Gasteiger partial charge is 0.0771 e. The zero-order valence-electron chi connectivity index (χ0n) is 22.7. The predicted molar refractivity (Wildman–Crippen MR) is 141 cm³/mol. The van der Waals surface area contributed by atoms with E-state index in [1.54, 1.807) is 6.42 Å². The van der Waals surface area contributed by atoms with E-state index < -0.39 is 0 Å². The van der Waals surface area contributed by atoms with Crippen LogP contribution in [0.2, 0.25) is 0 Å². The molecular weight excluding hydrogens is 446 g/mol. The fourth-order valence-corrected chi connectivity index (χ4v) is 12.7. The molecule has 8 aliphatic heterocycles. The van der Waals surface area contributed by atoms with E-state index in [-0.39, 0.29) is 0 Å². The van der Waals surface area contributed by atoms with Crippen LogP contribution in [0.4, 0.5) is 0 Å². The van der Waals surface area contributed by atoms with E-state index in [1.807, 2.05) is 0 Å². The van der Waals surface area contributed by atoms with E-state index >= 15 is 0 Å². The summed E-state index contributed by atoms with van der Waals surface area (Å²) in [7, 11) is 2.34. The van der Waals surface area contributed by atoms with Crippen molar-refractivity contribution in [3.8, 4) is 0 Å². The Kier molecular flexibility index (Phi) is 4.96. The van der Waals surface area contributed by atoms with Gasteiger partial charge in [0.2, 0.25) is 0 Å². The highest BCUT2D eigenvalue weighted by Gasteiger charge is 2.96. The first kappa shape index (κ1) is 22.6. The summed E-state index contributed by atoms with van der Waals surface area (Å²) in [5.41, 5.74) is 0.591. The van der Waals surface area contributed by atoms with Crippen molar-refractivity contribution in [2.24, 2.45) is 47.3 Å². The number of hydrogen-bond acceptors (Lipinski definition) is 6. The molecule has 0 aromatic carbocycles. The topological polar surface area (TPSA) is 25.4 Å². The van der Waals surface area contributed by atoms with Crippen molar-refractivity contribution < 1.29 is 4.74 Å². The molecule has 0 radical (unpaired) electrons. The van der Waals surface area contributed by atoms with Gasteiger partial charge >= 0.3 is 0 Å². The van der Waals surface area contributed by atoms with Crippen LogP contribution in [0.15, 0.2) is 0 Å². The second-order valence-corrected chi connectivity index (χ2v) is 14.7. The fraction of sp³-hybridized carbons (Fsp3) is 1.00. The lowest BCUT2D eigenvalue weighted by atomic mass is 9.54. The van der Waals surface area contributed by atoms with Crippen LogP contribution in [-0.2, 0) is 4.74 Å². The third kappa shape index (κ3) is 2.80. The molecule has 0 aromatic rings. The first-order chi connectivity index (χ1) is 17.7. The Labute approximate surface area is 218 Å². The lowest BCUT2D eigenvalue weighted by molar-refractivity contribution is -0.0867. The van der Waals surface area contributed by atoms with Crippen LogP contribution in [0, 0.1) is 47.3 Å². The summed E-state index contributed by atoms with van der Waals surface area (Å²) in [6.45, 7) is 17.9. The normalized spacial score (nSPS) is 61.6. The summed E-state index contributed by atoms with van der Waals surface area (Å²) < 4.78 is 7.60. The zero-order chi connectivity index (χ0) is 23.6. The number of rotatable bonds is 0. The summed E-state index contributed by atoms with van der Waals surface area (Å²) >= 11 is 0. The van der Waals surface area contributed by atoms with Crippen LogP contribution in [0.25, 0.3) is 0 Å². The summed E-state index contributed by atoms with van der Waals surface area (Å²) in [5.74, 6) is 8.09. The average molecular weight is 496 g/mol. The van der Waals surface area contributed by atoms with Gasteiger partial charge in [0.1, 0.15) is 0 Å². The van der Waals surface area contributed by atoms with Crippen molar-refractivity contribution >= 4 is 0 Å². The van der Waals surface area contributed by atoms with E-state index in [2.05, 4.69) is 31.5 Å². The Bertz CT molecular complexity index is 813. The van der Waals surface area contributed by atoms with Crippen molar-refractivity contribution in [3.05, 3.63) is 0 Å². The maximum atomic E-state index is 7.60. The number of hydrogen-bond donors (Lipinski definition) is 0. The van der Waals surface area contributed by atoms with Crippen molar-refractivity contribution in [1.29, 1.82) is 0 Å². The maximum Gasteiger partial charge on any atom is 0.0771 e. The van der Waals surface area contributed by atoms with Gasteiger partial charge in [-0.2, -0.15) is 0 Å². The number of nitrogens with zero attached hydrogens (tertiary/aromatic N) is 5. The molecule has 13 rings (SSSR count). The van der Waals surface area contributed by atoms with E-state index in [4.69, 9.17) is 4.74 Å². The summed E-state index contributed by atoms with van der Waals surface area (Å²) in [4.78, 5) is 13.7. The van der Waals surface area contributed by atoms with E-state index in [1.165, 1.54) is 117 Å². The van der Waals surface area contributed by atoms with Crippen molar-refractivity contribution in [1.82, 2.24) is 24.5 Å². The van der Waals surface area contributed by atoms with E-state index in [0.717, 1.165) is 47.3 Å². The summed E-state index contributed by atoms with van der Waals surface area (Å²) in [6, 6.07) is 0. The predicted octanol–water partition coefficient (Wildman–Crippen LogP) is 1.62. The molecule has 6 nitrogen and oxygen atoms in total. The molecular formula is C30H49N5O. The zero-order valence-corrected chi connectivity index (χ0v) is 22.7. The fourth-order valence-electron chi connectivity index (χ4n) is 12.7. The molecule has 13 fully saturated rings. The molecule has 5 aliphatic carbocycles. The molecule has 6 heteroatoms. The van der Waals surface area contributed by atoms with Gasteiger partial charge in [-0.15, -0.1) is 0 Å². The lowest BCUT2D eigenvalue weighted by Crippen LogP contribution is -2.54. The van der Waals surface area contributed by atoms with Crippen LogP contribution in [-0.4, -0.2) is 134 Å². The first-order valence-electron chi connectivity index (χ1n) is 16.0. The highest BCUT2D eigenvalue weighted by atomic mass is 16.5. The van der Waals surface area contributed by atoms with Crippen LogP contribution in [0.3, 0.4) is 0 Å². The molecule has 200 valence electrons. The third-order valence-electron chi connectivity index (χ3n) is 13.7. The molecule has 0 N–H and O–H groups in total. The molecule has 10 atom stereocenters. The summed E-state index contributed by atoms with van der Waals surface area (Å²) in [6.07, 6.45) is 6.95. The second kappa shape index (κ2) is 7.91. The first-order valence-corrected chi connectivity index (χ1v) is 16.0. The van der Waals surface area contributed by atoms with Gasteiger partial charge < -0.3 is 29.2 Å². The van der Waals surface area contributed by atoms with E-state index in [9.17, 15) is 0 Å². The molecule has 8 saturated heterocycles. The number of ether oxygens (including phenoxy) is 1. The molecule has 0 aromatic heterocycles. The van der Waals surface area contributed by atoms with Crippen molar-refractivity contribution in [3.63, 3.8) is 0 Å². The second-order valence-electron chi connectivity index (χ2n) is 14.7. The Morgan fingerprint density at radius 2 is 0.917 bits per heavy atom. The van der Waals surface area contributed by atoms with Crippen LogP contribution >= 0.6 is 0 Å². The van der Waals surface area contributed by atoms with Gasteiger partial charge in [0.15, 0.2) is 0 Å². The monoisotopic (exact) mass is 495 g/mol. The Balaban J connectivity index is 0.946. The molecule has 2 spiro atoms. The largest absolute Gasteiger partial charge is 0.367 e. The van der Waals surface area contributed by atoms with Crippen LogP contribution in [0.5, 0.6) is 0 Å². The molecule has 0 amide bonds.